The van der Waals surface area contributed by atoms with Crippen molar-refractivity contribution in [3.05, 3.63) is 59.9 Å². The van der Waals surface area contributed by atoms with Gasteiger partial charge in [-0.25, -0.2) is 17.5 Å². The van der Waals surface area contributed by atoms with Gasteiger partial charge in [0.2, 0.25) is 0 Å². The number of rotatable bonds is 4. The number of sulfonamides is 1. The van der Waals surface area contributed by atoms with Gasteiger partial charge in [-0.3, -0.25) is 4.79 Å². The minimum Gasteiger partial charge on any atom is -0.486 e. The number of carbonyl (C=O) groups is 1. The third-order valence-electron chi connectivity index (χ3n) is 3.71. The van der Waals surface area contributed by atoms with E-state index in [1.807, 2.05) is 4.72 Å². The highest BCUT2D eigenvalue weighted by Gasteiger charge is 2.21. The highest BCUT2D eigenvalue weighted by molar-refractivity contribution is 7.90. The molecule has 0 saturated carbocycles. The Morgan fingerprint density at radius 2 is 1.81 bits per heavy atom. The van der Waals surface area contributed by atoms with Crippen LogP contribution in [0.15, 0.2) is 53.4 Å². The molecule has 0 unspecified atom stereocenters. The first-order valence-electron chi connectivity index (χ1n) is 7.76. The number of benzene rings is 2. The first-order valence-corrected chi connectivity index (χ1v) is 9.25. The lowest BCUT2D eigenvalue weighted by Gasteiger charge is -2.18. The standard InChI is InChI=1S/C18H16FNO5S/c1-12(14-4-2-3-5-15(14)19)10-18(21)20-26(22,23)13-6-7-16-17(11-13)25-9-8-24-16/h2-7,10-11H,8-9H2,1H3,(H,20,21). The summed E-state index contributed by atoms with van der Waals surface area (Å²) in [6.07, 6.45) is 1.04. The van der Waals surface area contributed by atoms with Crippen LogP contribution in [0.3, 0.4) is 0 Å². The number of allylic oxidation sites excluding steroid dienone is 1. The molecule has 0 bridgehead atoms. The predicted octanol–water partition coefficient (Wildman–Crippen LogP) is 2.51. The summed E-state index contributed by atoms with van der Waals surface area (Å²) < 4.78 is 51.1. The first-order chi connectivity index (χ1) is 12.4. The molecule has 136 valence electrons. The van der Waals surface area contributed by atoms with E-state index in [9.17, 15) is 17.6 Å². The number of halogens is 1. The van der Waals surface area contributed by atoms with Crippen molar-refractivity contribution in [1.29, 1.82) is 0 Å². The molecule has 26 heavy (non-hydrogen) atoms. The number of carbonyl (C=O) groups excluding carboxylic acids is 1. The van der Waals surface area contributed by atoms with Crippen molar-refractivity contribution in [2.45, 2.75) is 11.8 Å². The molecule has 1 N–H and O–H groups in total. The molecule has 6 nitrogen and oxygen atoms in total. The molecule has 0 saturated heterocycles. The quantitative estimate of drug-likeness (QED) is 0.828. The molecule has 0 spiro atoms. The largest absolute Gasteiger partial charge is 0.486 e. The number of hydrogen-bond acceptors (Lipinski definition) is 5. The third kappa shape index (κ3) is 3.85. The van der Waals surface area contributed by atoms with Crippen LogP contribution in [-0.2, 0) is 14.8 Å². The van der Waals surface area contributed by atoms with E-state index < -0.39 is 21.7 Å². The number of hydrogen-bond donors (Lipinski definition) is 1. The Labute approximate surface area is 150 Å². The molecule has 3 rings (SSSR count). The summed E-state index contributed by atoms with van der Waals surface area (Å²) in [5, 5.41) is 0. The Balaban J connectivity index is 1.80. The second kappa shape index (κ2) is 7.17. The second-order valence-electron chi connectivity index (χ2n) is 5.58. The maximum atomic E-state index is 13.7. The first kappa shape index (κ1) is 17.9. The van der Waals surface area contributed by atoms with Gasteiger partial charge in [0, 0.05) is 17.7 Å². The molecule has 0 fully saturated rings. The van der Waals surface area contributed by atoms with E-state index in [2.05, 4.69) is 0 Å². The van der Waals surface area contributed by atoms with Crippen molar-refractivity contribution >= 4 is 21.5 Å². The molecule has 0 radical (unpaired) electrons. The summed E-state index contributed by atoms with van der Waals surface area (Å²) in [4.78, 5) is 11.9. The van der Waals surface area contributed by atoms with Gasteiger partial charge in [-0.05, 0) is 30.7 Å². The van der Waals surface area contributed by atoms with Crippen LogP contribution in [-0.4, -0.2) is 27.5 Å². The van der Waals surface area contributed by atoms with Gasteiger partial charge in [-0.2, -0.15) is 0 Å². The maximum absolute atomic E-state index is 13.7. The van der Waals surface area contributed by atoms with E-state index >= 15 is 0 Å². The van der Waals surface area contributed by atoms with Crippen molar-refractivity contribution in [3.8, 4) is 11.5 Å². The number of amides is 1. The summed E-state index contributed by atoms with van der Waals surface area (Å²) in [5.41, 5.74) is 0.525. The summed E-state index contributed by atoms with van der Waals surface area (Å²) >= 11 is 0. The van der Waals surface area contributed by atoms with Crippen LogP contribution < -0.4 is 14.2 Å². The van der Waals surface area contributed by atoms with E-state index in [1.54, 1.807) is 6.07 Å². The Morgan fingerprint density at radius 3 is 2.54 bits per heavy atom. The van der Waals surface area contributed by atoms with Crippen LogP contribution in [0.25, 0.3) is 5.57 Å². The van der Waals surface area contributed by atoms with Gasteiger partial charge in [-0.15, -0.1) is 0 Å². The van der Waals surface area contributed by atoms with Crippen molar-refractivity contribution in [3.63, 3.8) is 0 Å². The molecule has 0 aromatic heterocycles. The molecular weight excluding hydrogens is 361 g/mol. The maximum Gasteiger partial charge on any atom is 0.264 e. The van der Waals surface area contributed by atoms with E-state index in [0.29, 0.717) is 30.3 Å². The molecule has 1 amide bonds. The third-order valence-corrected chi connectivity index (χ3v) is 5.05. The van der Waals surface area contributed by atoms with Gasteiger partial charge >= 0.3 is 0 Å². The molecule has 0 aliphatic carbocycles. The summed E-state index contributed by atoms with van der Waals surface area (Å²) in [6, 6.07) is 9.99. The van der Waals surface area contributed by atoms with Crippen molar-refractivity contribution < 1.29 is 27.1 Å². The normalized spacial score (nSPS) is 14.0. The molecule has 0 atom stereocenters. The second-order valence-corrected chi connectivity index (χ2v) is 7.26. The fourth-order valence-corrected chi connectivity index (χ4v) is 3.42. The van der Waals surface area contributed by atoms with Crippen LogP contribution in [0, 0.1) is 5.82 Å². The highest BCUT2D eigenvalue weighted by Crippen LogP contribution is 2.32. The van der Waals surface area contributed by atoms with E-state index in [0.717, 1.165) is 6.08 Å². The summed E-state index contributed by atoms with van der Waals surface area (Å²) in [6.45, 7) is 2.22. The Bertz CT molecular complexity index is 985. The van der Waals surface area contributed by atoms with Gasteiger partial charge < -0.3 is 9.47 Å². The van der Waals surface area contributed by atoms with Gasteiger partial charge in [-0.1, -0.05) is 18.2 Å². The van der Waals surface area contributed by atoms with Crippen molar-refractivity contribution in [1.82, 2.24) is 4.72 Å². The molecule has 1 aliphatic heterocycles. The van der Waals surface area contributed by atoms with Crippen LogP contribution in [0.4, 0.5) is 4.39 Å². The zero-order valence-electron chi connectivity index (χ0n) is 13.9. The highest BCUT2D eigenvalue weighted by atomic mass is 32.2. The van der Waals surface area contributed by atoms with Gasteiger partial charge in [0.25, 0.3) is 15.9 Å². The summed E-state index contributed by atoms with van der Waals surface area (Å²) in [7, 11) is -4.10. The van der Waals surface area contributed by atoms with Gasteiger partial charge in [0.05, 0.1) is 4.90 Å². The predicted molar refractivity (Wildman–Crippen MR) is 92.8 cm³/mol. The van der Waals surface area contributed by atoms with Gasteiger partial charge in [0.1, 0.15) is 19.0 Å². The number of fused-ring (bicyclic) bond motifs is 1. The lowest BCUT2D eigenvalue weighted by molar-refractivity contribution is -0.114. The smallest absolute Gasteiger partial charge is 0.264 e. The zero-order chi connectivity index (χ0) is 18.7. The van der Waals surface area contributed by atoms with Crippen LogP contribution in [0.1, 0.15) is 12.5 Å². The molecule has 1 aliphatic rings. The Morgan fingerprint density at radius 1 is 1.12 bits per heavy atom. The molecule has 1 heterocycles. The number of ether oxygens (including phenoxy) is 2. The molecule has 8 heteroatoms. The Kier molecular flexibility index (Phi) is 4.94. The van der Waals surface area contributed by atoms with Crippen LogP contribution in [0.2, 0.25) is 0 Å². The summed E-state index contributed by atoms with van der Waals surface area (Å²) in [5.74, 6) is -0.633. The molecular formula is C18H16FNO5S. The SMILES string of the molecule is CC(=CC(=O)NS(=O)(=O)c1ccc2c(c1)OCCO2)c1ccccc1F. The van der Waals surface area contributed by atoms with E-state index in [1.165, 1.54) is 43.3 Å². The van der Waals surface area contributed by atoms with Crippen molar-refractivity contribution in [2.24, 2.45) is 0 Å². The zero-order valence-corrected chi connectivity index (χ0v) is 14.7. The fraction of sp³-hybridized carbons (Fsp3) is 0.167. The van der Waals surface area contributed by atoms with E-state index in [4.69, 9.17) is 9.47 Å². The monoisotopic (exact) mass is 377 g/mol. The Hall–Kier alpha value is -2.87. The lowest BCUT2D eigenvalue weighted by atomic mass is 10.1. The van der Waals surface area contributed by atoms with Gasteiger partial charge in [0.15, 0.2) is 11.5 Å². The van der Waals surface area contributed by atoms with Crippen LogP contribution >= 0.6 is 0 Å². The van der Waals surface area contributed by atoms with E-state index in [-0.39, 0.29) is 10.5 Å². The fourth-order valence-electron chi connectivity index (χ4n) is 2.47. The minimum atomic E-state index is -4.10. The number of nitrogens with one attached hydrogen (secondary N) is 1. The minimum absolute atomic E-state index is 0.132. The molecule has 2 aromatic carbocycles. The lowest BCUT2D eigenvalue weighted by Crippen LogP contribution is -2.29. The van der Waals surface area contributed by atoms with Crippen LogP contribution in [0.5, 0.6) is 11.5 Å². The topological polar surface area (TPSA) is 81.7 Å². The average molecular weight is 377 g/mol. The van der Waals surface area contributed by atoms with Crippen molar-refractivity contribution in [2.75, 3.05) is 13.2 Å². The molecule has 2 aromatic rings. The average Bonchev–Trinajstić information content (AvgIpc) is 2.61.